The Morgan fingerprint density at radius 2 is 2.47 bits per heavy atom. The van der Waals surface area contributed by atoms with Crippen LogP contribution >= 0.6 is 0 Å². The maximum Gasteiger partial charge on any atom is 0.253 e. The van der Waals surface area contributed by atoms with Gasteiger partial charge in [-0.1, -0.05) is 0 Å². The molecule has 2 heterocycles. The zero-order valence-electron chi connectivity index (χ0n) is 8.66. The highest BCUT2D eigenvalue weighted by Crippen LogP contribution is 2.13. The third-order valence-electron chi connectivity index (χ3n) is 2.63. The normalized spacial score (nSPS) is 25.1. The summed E-state index contributed by atoms with van der Waals surface area (Å²) < 4.78 is 0. The Hall–Kier alpha value is -1.49. The van der Waals surface area contributed by atoms with E-state index in [9.17, 15) is 4.79 Å². The van der Waals surface area contributed by atoms with Crippen LogP contribution in [0.5, 0.6) is 0 Å². The first-order valence-corrected chi connectivity index (χ1v) is 5.00. The van der Waals surface area contributed by atoms with Gasteiger partial charge < -0.3 is 10.6 Å². The molecule has 15 heavy (non-hydrogen) atoms. The molecule has 1 aromatic rings. The van der Waals surface area contributed by atoms with Crippen LogP contribution in [0.1, 0.15) is 23.7 Å². The summed E-state index contributed by atoms with van der Waals surface area (Å²) in [6, 6.07) is 1.66. The van der Waals surface area contributed by atoms with Crippen LogP contribution < -0.4 is 10.6 Å². The lowest BCUT2D eigenvalue weighted by molar-refractivity contribution is 0.0912. The average molecular weight is 206 g/mol. The minimum Gasteiger partial charge on any atom is -0.346 e. The molecule has 1 aliphatic rings. The van der Waals surface area contributed by atoms with E-state index in [1.54, 1.807) is 6.07 Å². The standard InChI is InChI=1S/C10H14N4O/c1-10(3-5-11-7-10)14-9(15)8-2-4-12-13-6-8/h2,4,6,11H,3,5,7H2,1H3,(H,14,15). The summed E-state index contributed by atoms with van der Waals surface area (Å²) in [4.78, 5) is 11.8. The van der Waals surface area contributed by atoms with Gasteiger partial charge in [0.05, 0.1) is 23.5 Å². The second kappa shape index (κ2) is 3.94. The van der Waals surface area contributed by atoms with Crippen molar-refractivity contribution in [2.24, 2.45) is 0 Å². The number of nitrogens with zero attached hydrogens (tertiary/aromatic N) is 2. The van der Waals surface area contributed by atoms with Crippen LogP contribution in [0.25, 0.3) is 0 Å². The maximum absolute atomic E-state index is 11.8. The van der Waals surface area contributed by atoms with Gasteiger partial charge in [-0.3, -0.25) is 4.79 Å². The van der Waals surface area contributed by atoms with Gasteiger partial charge in [-0.05, 0) is 26.0 Å². The molecule has 1 saturated heterocycles. The van der Waals surface area contributed by atoms with Gasteiger partial charge in [0.25, 0.3) is 5.91 Å². The summed E-state index contributed by atoms with van der Waals surface area (Å²) >= 11 is 0. The Labute approximate surface area is 88.3 Å². The Kier molecular flexibility index (Phi) is 2.64. The lowest BCUT2D eigenvalue weighted by atomic mass is 10.0. The molecule has 5 nitrogen and oxygen atoms in total. The fourth-order valence-corrected chi connectivity index (χ4v) is 1.69. The predicted octanol–water partition coefficient (Wildman–Crippen LogP) is -0.0416. The monoisotopic (exact) mass is 206 g/mol. The average Bonchev–Trinajstić information content (AvgIpc) is 2.66. The summed E-state index contributed by atoms with van der Waals surface area (Å²) in [6.07, 6.45) is 3.95. The van der Waals surface area contributed by atoms with E-state index in [0.717, 1.165) is 19.5 Å². The number of carbonyl (C=O) groups excluding carboxylic acids is 1. The summed E-state index contributed by atoms with van der Waals surface area (Å²) in [5.41, 5.74) is 0.415. The molecule has 1 fully saturated rings. The van der Waals surface area contributed by atoms with Crippen molar-refractivity contribution < 1.29 is 4.79 Å². The third kappa shape index (κ3) is 2.30. The Bertz CT molecular complexity index is 346. The van der Waals surface area contributed by atoms with Crippen LogP contribution in [-0.4, -0.2) is 34.7 Å². The van der Waals surface area contributed by atoms with Crippen LogP contribution in [0, 0.1) is 0 Å². The molecule has 1 unspecified atom stereocenters. The number of hydrogen-bond donors (Lipinski definition) is 2. The molecule has 1 aliphatic heterocycles. The third-order valence-corrected chi connectivity index (χ3v) is 2.63. The van der Waals surface area contributed by atoms with E-state index in [-0.39, 0.29) is 11.4 Å². The number of amides is 1. The predicted molar refractivity (Wildman–Crippen MR) is 55.4 cm³/mol. The van der Waals surface area contributed by atoms with Crippen molar-refractivity contribution >= 4 is 5.91 Å². The van der Waals surface area contributed by atoms with Crippen molar-refractivity contribution in [1.29, 1.82) is 0 Å². The quantitative estimate of drug-likeness (QED) is 0.712. The van der Waals surface area contributed by atoms with Crippen molar-refractivity contribution in [3.05, 3.63) is 24.0 Å². The molecular formula is C10H14N4O. The molecule has 0 bridgehead atoms. The van der Waals surface area contributed by atoms with Crippen LogP contribution in [0.3, 0.4) is 0 Å². The molecule has 1 atom stereocenters. The first kappa shape index (κ1) is 10.0. The van der Waals surface area contributed by atoms with Crippen LogP contribution in [0.15, 0.2) is 18.5 Å². The van der Waals surface area contributed by atoms with Gasteiger partial charge in [-0.15, -0.1) is 0 Å². The van der Waals surface area contributed by atoms with E-state index in [0.29, 0.717) is 5.56 Å². The Morgan fingerprint density at radius 1 is 1.60 bits per heavy atom. The maximum atomic E-state index is 11.8. The minimum atomic E-state index is -0.139. The van der Waals surface area contributed by atoms with Gasteiger partial charge in [0.15, 0.2) is 0 Å². The molecule has 0 aromatic carbocycles. The molecule has 2 rings (SSSR count). The summed E-state index contributed by atoms with van der Waals surface area (Å²) in [7, 11) is 0. The van der Waals surface area contributed by atoms with E-state index in [4.69, 9.17) is 0 Å². The van der Waals surface area contributed by atoms with Crippen molar-refractivity contribution in [3.8, 4) is 0 Å². The zero-order chi connectivity index (χ0) is 10.7. The lowest BCUT2D eigenvalue weighted by Crippen LogP contribution is -2.47. The zero-order valence-corrected chi connectivity index (χ0v) is 8.66. The van der Waals surface area contributed by atoms with E-state index >= 15 is 0 Å². The molecular weight excluding hydrogens is 192 g/mol. The minimum absolute atomic E-state index is 0.0869. The molecule has 0 radical (unpaired) electrons. The van der Waals surface area contributed by atoms with Gasteiger partial charge in [-0.2, -0.15) is 10.2 Å². The molecule has 80 valence electrons. The van der Waals surface area contributed by atoms with Crippen LogP contribution in [0.4, 0.5) is 0 Å². The van der Waals surface area contributed by atoms with E-state index in [1.165, 1.54) is 12.4 Å². The summed E-state index contributed by atoms with van der Waals surface area (Å²) in [5.74, 6) is -0.0869. The molecule has 2 N–H and O–H groups in total. The van der Waals surface area contributed by atoms with Crippen LogP contribution in [-0.2, 0) is 0 Å². The molecule has 1 aromatic heterocycles. The number of aromatic nitrogens is 2. The number of carbonyl (C=O) groups is 1. The summed E-state index contributed by atoms with van der Waals surface area (Å²) in [6.45, 7) is 3.81. The molecule has 5 heteroatoms. The van der Waals surface area contributed by atoms with Crippen molar-refractivity contribution in [2.75, 3.05) is 13.1 Å². The van der Waals surface area contributed by atoms with Crippen molar-refractivity contribution in [1.82, 2.24) is 20.8 Å². The molecule has 0 saturated carbocycles. The number of nitrogens with one attached hydrogen (secondary N) is 2. The summed E-state index contributed by atoms with van der Waals surface area (Å²) in [5, 5.41) is 13.5. The van der Waals surface area contributed by atoms with Crippen molar-refractivity contribution in [2.45, 2.75) is 18.9 Å². The first-order valence-electron chi connectivity index (χ1n) is 5.00. The highest BCUT2D eigenvalue weighted by molar-refractivity contribution is 5.94. The van der Waals surface area contributed by atoms with Crippen molar-refractivity contribution in [3.63, 3.8) is 0 Å². The fraction of sp³-hybridized carbons (Fsp3) is 0.500. The number of hydrogen-bond acceptors (Lipinski definition) is 4. The van der Waals surface area contributed by atoms with Gasteiger partial charge >= 0.3 is 0 Å². The Morgan fingerprint density at radius 3 is 3.07 bits per heavy atom. The smallest absolute Gasteiger partial charge is 0.253 e. The topological polar surface area (TPSA) is 66.9 Å². The second-order valence-electron chi connectivity index (χ2n) is 4.07. The largest absolute Gasteiger partial charge is 0.346 e. The Balaban J connectivity index is 2.04. The molecule has 0 aliphatic carbocycles. The van der Waals surface area contributed by atoms with Gasteiger partial charge in [0.1, 0.15) is 0 Å². The van der Waals surface area contributed by atoms with Gasteiger partial charge in [0.2, 0.25) is 0 Å². The van der Waals surface area contributed by atoms with E-state index in [1.807, 2.05) is 6.92 Å². The van der Waals surface area contributed by atoms with Crippen LogP contribution in [0.2, 0.25) is 0 Å². The fourth-order valence-electron chi connectivity index (χ4n) is 1.69. The van der Waals surface area contributed by atoms with Gasteiger partial charge in [0, 0.05) is 6.54 Å². The van der Waals surface area contributed by atoms with E-state index in [2.05, 4.69) is 20.8 Å². The SMILES string of the molecule is CC1(NC(=O)c2ccnnc2)CCNC1. The highest BCUT2D eigenvalue weighted by atomic mass is 16.1. The number of rotatable bonds is 2. The first-order chi connectivity index (χ1) is 7.20. The highest BCUT2D eigenvalue weighted by Gasteiger charge is 2.30. The van der Waals surface area contributed by atoms with Gasteiger partial charge in [-0.25, -0.2) is 0 Å². The lowest BCUT2D eigenvalue weighted by Gasteiger charge is -2.24. The second-order valence-corrected chi connectivity index (χ2v) is 4.07. The van der Waals surface area contributed by atoms with E-state index < -0.39 is 0 Å². The molecule has 0 spiro atoms. The molecule has 1 amide bonds.